The molecule has 1 unspecified atom stereocenters. The van der Waals surface area contributed by atoms with Crippen molar-refractivity contribution in [3.05, 3.63) is 37.0 Å². The minimum absolute atomic E-state index is 0. The third-order valence-electron chi connectivity index (χ3n) is 3.23. The molecule has 0 heterocycles. The van der Waals surface area contributed by atoms with Gasteiger partial charge in [-0.15, -0.1) is 0 Å². The maximum Gasteiger partial charge on any atom is 1.00 e. The molecule has 8 heteroatoms. The number of aliphatic carboxylic acids is 1. The molecular weight excluding hydrogens is 361 g/mol. The fraction of sp³-hybridized carbons (Fsp3) is 0.474. The third kappa shape index (κ3) is 11.6. The quantitative estimate of drug-likeness (QED) is 0.225. The molecular formula is C19H26NNaO6. The summed E-state index contributed by atoms with van der Waals surface area (Å²) >= 11 is 0. The number of hydrogen-bond donors (Lipinski definition) is 0. The van der Waals surface area contributed by atoms with Crippen LogP contribution in [0.25, 0.3) is 0 Å². The minimum Gasteiger partial charge on any atom is -0.548 e. The summed E-state index contributed by atoms with van der Waals surface area (Å²) in [6, 6.07) is -1.72. The number of allylic oxidation sites excluding steroid dienone is 2. The smallest absolute Gasteiger partial charge is 0.548 e. The first-order valence-corrected chi connectivity index (χ1v) is 8.51. The van der Waals surface area contributed by atoms with Crippen molar-refractivity contribution in [2.75, 3.05) is 6.61 Å². The molecule has 0 radical (unpaired) electrons. The molecule has 0 aromatic rings. The molecule has 0 rings (SSSR count). The summed E-state index contributed by atoms with van der Waals surface area (Å²) < 4.78 is 4.75. The van der Waals surface area contributed by atoms with Gasteiger partial charge in [-0.05, 0) is 12.8 Å². The zero-order valence-corrected chi connectivity index (χ0v) is 18.3. The van der Waals surface area contributed by atoms with Crippen LogP contribution < -0.4 is 34.7 Å². The molecule has 0 aliphatic rings. The molecule has 0 bridgehead atoms. The van der Waals surface area contributed by atoms with Crippen molar-refractivity contribution in [1.82, 2.24) is 4.90 Å². The number of carboxylic acid groups (broad SMARTS) is 1. The molecule has 0 aliphatic heterocycles. The van der Waals surface area contributed by atoms with Crippen molar-refractivity contribution < 1.29 is 58.6 Å². The molecule has 27 heavy (non-hydrogen) atoms. The van der Waals surface area contributed by atoms with Gasteiger partial charge in [0, 0.05) is 12.8 Å². The van der Waals surface area contributed by atoms with E-state index in [4.69, 9.17) is 4.74 Å². The summed E-state index contributed by atoms with van der Waals surface area (Å²) in [7, 11) is 0. The van der Waals surface area contributed by atoms with E-state index >= 15 is 0 Å². The molecule has 0 saturated heterocycles. The van der Waals surface area contributed by atoms with Gasteiger partial charge in [-0.2, -0.15) is 0 Å². The van der Waals surface area contributed by atoms with Crippen LogP contribution in [0.2, 0.25) is 0 Å². The Morgan fingerprint density at radius 2 is 1.48 bits per heavy atom. The molecule has 0 aromatic carbocycles. The number of carbonyl (C=O) groups is 4. The van der Waals surface area contributed by atoms with Crippen LogP contribution >= 0.6 is 0 Å². The van der Waals surface area contributed by atoms with Crippen LogP contribution in [0.3, 0.4) is 0 Å². The molecule has 0 N–H and O–H groups in total. The second kappa shape index (κ2) is 16.5. The number of rotatable bonds is 12. The van der Waals surface area contributed by atoms with Crippen molar-refractivity contribution in [2.45, 2.75) is 52.0 Å². The average Bonchev–Trinajstić information content (AvgIpc) is 2.59. The Kier molecular flexibility index (Phi) is 16.8. The van der Waals surface area contributed by atoms with Gasteiger partial charge in [-0.3, -0.25) is 19.3 Å². The number of carboxylic acids is 1. The Balaban J connectivity index is 0. The molecule has 7 nitrogen and oxygen atoms in total. The zero-order chi connectivity index (χ0) is 19.9. The number of carbonyl (C=O) groups excluding carboxylic acids is 4. The summed E-state index contributed by atoms with van der Waals surface area (Å²) in [5.41, 5.74) is 0. The number of nitrogens with zero attached hydrogens (tertiary/aromatic N) is 1. The van der Waals surface area contributed by atoms with Gasteiger partial charge in [0.15, 0.2) is 0 Å². The van der Waals surface area contributed by atoms with E-state index in [1.165, 1.54) is 6.08 Å². The number of ether oxygens (including phenoxy) is 1. The second-order valence-corrected chi connectivity index (χ2v) is 5.34. The van der Waals surface area contributed by atoms with E-state index in [2.05, 4.69) is 6.58 Å². The van der Waals surface area contributed by atoms with Crippen LogP contribution in [0.4, 0.5) is 0 Å². The van der Waals surface area contributed by atoms with E-state index in [1.54, 1.807) is 24.3 Å². The standard InChI is InChI=1S/C19H27NO6.Na/c1-4-7-9-11-16(21)20(17(22)12-10-8-5-2)15(19(24)25)14-18(23)26-13-6-3;/h6-10,15H,3-5,11-14H2,1-2H3,(H,24,25);/q;+1/p-1/b9-7+,10-8+;. The van der Waals surface area contributed by atoms with E-state index in [0.29, 0.717) is 17.7 Å². The summed E-state index contributed by atoms with van der Waals surface area (Å²) in [6.07, 6.45) is 8.28. The van der Waals surface area contributed by atoms with Crippen LogP contribution in [0.15, 0.2) is 37.0 Å². The van der Waals surface area contributed by atoms with Crippen molar-refractivity contribution in [3.8, 4) is 0 Å². The first-order valence-electron chi connectivity index (χ1n) is 8.51. The molecule has 0 aromatic heterocycles. The third-order valence-corrected chi connectivity index (χ3v) is 3.23. The van der Waals surface area contributed by atoms with Crippen LogP contribution in [0.5, 0.6) is 0 Å². The Labute approximate surface area is 182 Å². The average molecular weight is 387 g/mol. The van der Waals surface area contributed by atoms with Gasteiger partial charge in [-0.1, -0.05) is 50.8 Å². The Bertz CT molecular complexity index is 543. The topological polar surface area (TPSA) is 104 Å². The molecule has 1 atom stereocenters. The second-order valence-electron chi connectivity index (χ2n) is 5.34. The van der Waals surface area contributed by atoms with Gasteiger partial charge < -0.3 is 14.6 Å². The normalized spacial score (nSPS) is 11.6. The van der Waals surface area contributed by atoms with Gasteiger partial charge in [0.25, 0.3) is 0 Å². The van der Waals surface area contributed by atoms with E-state index < -0.39 is 36.2 Å². The molecule has 0 fully saturated rings. The van der Waals surface area contributed by atoms with Crippen LogP contribution in [0.1, 0.15) is 46.0 Å². The first-order chi connectivity index (χ1) is 12.4. The van der Waals surface area contributed by atoms with Crippen LogP contribution in [-0.4, -0.2) is 41.3 Å². The Hall–Kier alpha value is -1.70. The fourth-order valence-electron chi connectivity index (χ4n) is 2.03. The van der Waals surface area contributed by atoms with Gasteiger partial charge >= 0.3 is 35.5 Å². The van der Waals surface area contributed by atoms with Gasteiger partial charge in [0.2, 0.25) is 11.8 Å². The molecule has 0 aliphatic carbocycles. The maximum absolute atomic E-state index is 12.4. The number of amides is 2. The van der Waals surface area contributed by atoms with Crippen molar-refractivity contribution in [3.63, 3.8) is 0 Å². The summed E-state index contributed by atoms with van der Waals surface area (Å²) in [4.78, 5) is 48.6. The molecule has 2 amide bonds. The van der Waals surface area contributed by atoms with E-state index in [-0.39, 0.29) is 49.0 Å². The summed E-state index contributed by atoms with van der Waals surface area (Å²) in [6.45, 7) is 7.03. The SMILES string of the molecule is C=CCOC(=O)CC(C(=O)[O-])N(C(=O)C/C=C/CC)C(=O)C/C=C/CC.[Na+]. The molecule has 0 saturated carbocycles. The Morgan fingerprint density at radius 3 is 1.85 bits per heavy atom. The van der Waals surface area contributed by atoms with E-state index in [0.717, 1.165) is 0 Å². The predicted octanol–water partition coefficient (Wildman–Crippen LogP) is -1.70. The molecule has 144 valence electrons. The Morgan fingerprint density at radius 1 is 1.00 bits per heavy atom. The largest absolute Gasteiger partial charge is 1.00 e. The summed E-state index contributed by atoms with van der Waals surface area (Å²) in [5, 5.41) is 11.5. The van der Waals surface area contributed by atoms with Crippen LogP contribution in [0, 0.1) is 0 Å². The molecule has 0 spiro atoms. The monoisotopic (exact) mass is 387 g/mol. The zero-order valence-electron chi connectivity index (χ0n) is 16.3. The predicted molar refractivity (Wildman–Crippen MR) is 94.5 cm³/mol. The summed E-state index contributed by atoms with van der Waals surface area (Å²) in [5.74, 6) is -3.98. The van der Waals surface area contributed by atoms with Crippen molar-refractivity contribution >= 4 is 23.8 Å². The van der Waals surface area contributed by atoms with Crippen molar-refractivity contribution in [2.24, 2.45) is 0 Å². The number of hydrogen-bond acceptors (Lipinski definition) is 6. The van der Waals surface area contributed by atoms with Gasteiger partial charge in [0.05, 0.1) is 18.4 Å². The number of imide groups is 1. The van der Waals surface area contributed by atoms with Crippen molar-refractivity contribution in [1.29, 1.82) is 0 Å². The van der Waals surface area contributed by atoms with Crippen LogP contribution in [-0.2, 0) is 23.9 Å². The fourth-order valence-corrected chi connectivity index (χ4v) is 2.03. The maximum atomic E-state index is 12.4. The first kappa shape index (κ1) is 27.5. The van der Waals surface area contributed by atoms with E-state index in [1.807, 2.05) is 13.8 Å². The minimum atomic E-state index is -1.72. The number of esters is 1. The van der Waals surface area contributed by atoms with Gasteiger partial charge in [0.1, 0.15) is 6.61 Å². The van der Waals surface area contributed by atoms with Gasteiger partial charge in [-0.25, -0.2) is 0 Å². The van der Waals surface area contributed by atoms with E-state index in [9.17, 15) is 24.3 Å².